The maximum absolute atomic E-state index is 12.1. The second-order valence-electron chi connectivity index (χ2n) is 4.24. The lowest BCUT2D eigenvalue weighted by Crippen LogP contribution is -2.16. The van der Waals surface area contributed by atoms with Crippen LogP contribution >= 0.6 is 0 Å². The number of benzene rings is 1. The van der Waals surface area contributed by atoms with Gasteiger partial charge >= 0.3 is 0 Å². The average molecular weight is 188 g/mol. The Balaban J connectivity index is 2.16. The van der Waals surface area contributed by atoms with Crippen molar-refractivity contribution in [1.82, 2.24) is 0 Å². The van der Waals surface area contributed by atoms with Crippen molar-refractivity contribution in [2.24, 2.45) is 11.8 Å². The molecule has 1 nitrogen and oxygen atoms in total. The van der Waals surface area contributed by atoms with E-state index in [1.165, 1.54) is 12.8 Å². The summed E-state index contributed by atoms with van der Waals surface area (Å²) < 4.78 is 0. The molecule has 0 aromatic heterocycles. The molecule has 1 aliphatic carbocycles. The van der Waals surface area contributed by atoms with Crippen LogP contribution in [0.4, 0.5) is 0 Å². The van der Waals surface area contributed by atoms with Crippen molar-refractivity contribution in [3.63, 3.8) is 0 Å². The minimum Gasteiger partial charge on any atom is -0.294 e. The quantitative estimate of drug-likeness (QED) is 0.651. The number of carbonyl (C=O) groups is 1. The van der Waals surface area contributed by atoms with Crippen molar-refractivity contribution in [3.05, 3.63) is 35.9 Å². The largest absolute Gasteiger partial charge is 0.294 e. The zero-order valence-corrected chi connectivity index (χ0v) is 8.57. The molecule has 0 heterocycles. The van der Waals surface area contributed by atoms with E-state index in [4.69, 9.17) is 0 Å². The topological polar surface area (TPSA) is 17.1 Å². The van der Waals surface area contributed by atoms with Gasteiger partial charge in [-0.05, 0) is 18.8 Å². The smallest absolute Gasteiger partial charge is 0.166 e. The summed E-state index contributed by atoms with van der Waals surface area (Å²) in [5.74, 6) is 1.19. The van der Waals surface area contributed by atoms with E-state index in [0.29, 0.717) is 11.7 Å². The maximum atomic E-state index is 12.1. The zero-order chi connectivity index (χ0) is 9.97. The molecule has 1 saturated carbocycles. The highest BCUT2D eigenvalue weighted by atomic mass is 16.1. The van der Waals surface area contributed by atoms with E-state index in [-0.39, 0.29) is 5.92 Å². The molecule has 0 radical (unpaired) electrons. The highest BCUT2D eigenvalue weighted by Crippen LogP contribution is 2.33. The van der Waals surface area contributed by atoms with Gasteiger partial charge in [0.2, 0.25) is 0 Å². The van der Waals surface area contributed by atoms with E-state index in [0.717, 1.165) is 12.0 Å². The predicted octanol–water partition coefficient (Wildman–Crippen LogP) is 3.31. The molecular weight excluding hydrogens is 172 g/mol. The van der Waals surface area contributed by atoms with Crippen molar-refractivity contribution < 1.29 is 4.79 Å². The molecule has 0 N–H and O–H groups in total. The van der Waals surface area contributed by atoms with E-state index >= 15 is 0 Å². The summed E-state index contributed by atoms with van der Waals surface area (Å²) in [7, 11) is 0. The first kappa shape index (κ1) is 9.45. The van der Waals surface area contributed by atoms with Crippen LogP contribution in [0.15, 0.2) is 30.3 Å². The Morgan fingerprint density at radius 1 is 1.21 bits per heavy atom. The molecule has 0 spiro atoms. The lowest BCUT2D eigenvalue weighted by molar-refractivity contribution is 0.0897. The molecule has 1 aromatic carbocycles. The van der Waals surface area contributed by atoms with Gasteiger partial charge < -0.3 is 0 Å². The summed E-state index contributed by atoms with van der Waals surface area (Å²) >= 11 is 0. The minimum absolute atomic E-state index is 0.275. The number of hydrogen-bond donors (Lipinski definition) is 0. The number of ketones is 1. The minimum atomic E-state index is 0.275. The van der Waals surface area contributed by atoms with E-state index < -0.39 is 0 Å². The molecule has 0 unspecified atom stereocenters. The molecule has 0 aliphatic heterocycles. The highest BCUT2D eigenvalue weighted by Gasteiger charge is 2.29. The summed E-state index contributed by atoms with van der Waals surface area (Å²) in [4.78, 5) is 12.1. The Bertz CT molecular complexity index is 315. The molecule has 1 aliphatic rings. The second kappa shape index (κ2) is 3.95. The normalized spacial score (nSPS) is 26.4. The molecule has 2 atom stereocenters. The fraction of sp³-hybridized carbons (Fsp3) is 0.462. The van der Waals surface area contributed by atoms with E-state index in [9.17, 15) is 4.79 Å². The van der Waals surface area contributed by atoms with Crippen LogP contribution in [0.2, 0.25) is 0 Å². The van der Waals surface area contributed by atoms with Crippen LogP contribution in [0.3, 0.4) is 0 Å². The fourth-order valence-electron chi connectivity index (χ4n) is 2.35. The number of rotatable bonds is 2. The Labute approximate surface area is 85.1 Å². The van der Waals surface area contributed by atoms with Gasteiger partial charge in [-0.1, -0.05) is 43.7 Å². The van der Waals surface area contributed by atoms with E-state index in [1.54, 1.807) is 0 Å². The summed E-state index contributed by atoms with van der Waals surface area (Å²) in [6.07, 6.45) is 3.50. The van der Waals surface area contributed by atoms with E-state index in [2.05, 4.69) is 6.92 Å². The first-order chi connectivity index (χ1) is 6.79. The molecule has 0 amide bonds. The number of Topliss-reactive ketones (excluding diaryl/α,β-unsaturated/α-hetero) is 1. The van der Waals surface area contributed by atoms with Gasteiger partial charge in [0.1, 0.15) is 0 Å². The summed E-state index contributed by atoms with van der Waals surface area (Å²) in [5.41, 5.74) is 0.881. The summed E-state index contributed by atoms with van der Waals surface area (Å²) in [6.45, 7) is 2.19. The third-order valence-electron chi connectivity index (χ3n) is 3.26. The van der Waals surface area contributed by atoms with Crippen LogP contribution in [0.25, 0.3) is 0 Å². The molecule has 0 saturated heterocycles. The molecule has 1 aromatic rings. The first-order valence-electron chi connectivity index (χ1n) is 5.38. The van der Waals surface area contributed by atoms with Crippen molar-refractivity contribution in [1.29, 1.82) is 0 Å². The van der Waals surface area contributed by atoms with Gasteiger partial charge in [-0.2, -0.15) is 0 Å². The molecule has 0 bridgehead atoms. The Kier molecular flexibility index (Phi) is 2.67. The third kappa shape index (κ3) is 1.72. The molecule has 14 heavy (non-hydrogen) atoms. The SMILES string of the molecule is C[C@@H]1CCC[C@@H]1C(=O)c1ccccc1. The molecule has 74 valence electrons. The van der Waals surface area contributed by atoms with Gasteiger partial charge in [-0.3, -0.25) is 4.79 Å². The van der Waals surface area contributed by atoms with Crippen LogP contribution in [0.5, 0.6) is 0 Å². The van der Waals surface area contributed by atoms with Gasteiger partial charge in [0.25, 0.3) is 0 Å². The molecule has 1 fully saturated rings. The monoisotopic (exact) mass is 188 g/mol. The van der Waals surface area contributed by atoms with Crippen LogP contribution in [0, 0.1) is 11.8 Å². The lowest BCUT2D eigenvalue weighted by atomic mass is 9.90. The second-order valence-corrected chi connectivity index (χ2v) is 4.24. The van der Waals surface area contributed by atoms with Crippen molar-refractivity contribution >= 4 is 5.78 Å². The standard InChI is InChI=1S/C13H16O/c1-10-6-5-9-12(10)13(14)11-7-3-2-4-8-11/h2-4,7-8,10,12H,5-6,9H2,1H3/t10-,12+/m1/s1. The first-order valence-corrected chi connectivity index (χ1v) is 5.38. The van der Waals surface area contributed by atoms with Gasteiger partial charge in [0.15, 0.2) is 5.78 Å². The van der Waals surface area contributed by atoms with Crippen LogP contribution in [0.1, 0.15) is 36.5 Å². The van der Waals surface area contributed by atoms with Gasteiger partial charge in [-0.25, -0.2) is 0 Å². The fourth-order valence-corrected chi connectivity index (χ4v) is 2.35. The van der Waals surface area contributed by atoms with Gasteiger partial charge in [0, 0.05) is 11.5 Å². The number of hydrogen-bond acceptors (Lipinski definition) is 1. The highest BCUT2D eigenvalue weighted by molar-refractivity contribution is 5.98. The Hall–Kier alpha value is -1.11. The lowest BCUT2D eigenvalue weighted by Gasteiger charge is -2.13. The van der Waals surface area contributed by atoms with Crippen molar-refractivity contribution in [2.45, 2.75) is 26.2 Å². The third-order valence-corrected chi connectivity index (χ3v) is 3.26. The van der Waals surface area contributed by atoms with Crippen molar-refractivity contribution in [3.8, 4) is 0 Å². The molecule has 1 heteroatoms. The van der Waals surface area contributed by atoms with E-state index in [1.807, 2.05) is 30.3 Å². The maximum Gasteiger partial charge on any atom is 0.166 e. The van der Waals surface area contributed by atoms with Gasteiger partial charge in [0.05, 0.1) is 0 Å². The Morgan fingerprint density at radius 2 is 1.93 bits per heavy atom. The van der Waals surface area contributed by atoms with Crippen LogP contribution in [-0.4, -0.2) is 5.78 Å². The summed E-state index contributed by atoms with van der Waals surface area (Å²) in [6, 6.07) is 9.68. The summed E-state index contributed by atoms with van der Waals surface area (Å²) in [5, 5.41) is 0. The average Bonchev–Trinajstić information content (AvgIpc) is 2.65. The van der Waals surface area contributed by atoms with Crippen LogP contribution in [-0.2, 0) is 0 Å². The molecule has 2 rings (SSSR count). The van der Waals surface area contributed by atoms with Crippen molar-refractivity contribution in [2.75, 3.05) is 0 Å². The number of carbonyl (C=O) groups excluding carboxylic acids is 1. The zero-order valence-electron chi connectivity index (χ0n) is 8.57. The van der Waals surface area contributed by atoms with Gasteiger partial charge in [-0.15, -0.1) is 0 Å². The van der Waals surface area contributed by atoms with Crippen LogP contribution < -0.4 is 0 Å². The molecular formula is C13H16O. The Morgan fingerprint density at radius 3 is 2.50 bits per heavy atom. The predicted molar refractivity (Wildman–Crippen MR) is 57.3 cm³/mol.